The Balaban J connectivity index is 1.90. The van der Waals surface area contributed by atoms with Gasteiger partial charge < -0.3 is 10.1 Å². The highest BCUT2D eigenvalue weighted by atomic mass is 16.5. The topological polar surface area (TPSA) is 71.7 Å². The van der Waals surface area contributed by atoms with Crippen LogP contribution in [0.5, 0.6) is 0 Å². The Labute approximate surface area is 103 Å². The van der Waals surface area contributed by atoms with Gasteiger partial charge in [0.15, 0.2) is 0 Å². The van der Waals surface area contributed by atoms with E-state index in [1.54, 1.807) is 7.11 Å². The molecule has 0 aromatic rings. The second-order valence-electron chi connectivity index (χ2n) is 5.29. The molecular weight excluding hydrogens is 216 g/mol. The van der Waals surface area contributed by atoms with Crippen LogP contribution in [0.15, 0.2) is 4.99 Å². The lowest BCUT2D eigenvalue weighted by molar-refractivity contribution is 0.179. The molecule has 2 saturated carbocycles. The zero-order chi connectivity index (χ0) is 12.3. The molecule has 0 spiro atoms. The fraction of sp³-hybridized carbons (Fsp3) is 0.917. The number of nitrogens with one attached hydrogen (secondary N) is 2. The van der Waals surface area contributed by atoms with Crippen LogP contribution in [0.25, 0.3) is 0 Å². The smallest absolute Gasteiger partial charge is 0.206 e. The summed E-state index contributed by atoms with van der Waals surface area (Å²) in [6, 6.07) is 0.692. The van der Waals surface area contributed by atoms with Gasteiger partial charge >= 0.3 is 0 Å². The Morgan fingerprint density at radius 2 is 1.94 bits per heavy atom. The lowest BCUT2D eigenvalue weighted by atomic mass is 10.1. The molecule has 0 amide bonds. The minimum absolute atomic E-state index is 0.217. The van der Waals surface area contributed by atoms with Crippen molar-refractivity contribution in [3.05, 3.63) is 0 Å². The molecule has 0 radical (unpaired) electrons. The molecule has 1 unspecified atom stereocenters. The SMILES string of the molecule is COCC(C)NC(=NC(C1CC1)C1CC1)NN. The van der Waals surface area contributed by atoms with Gasteiger partial charge in [-0.1, -0.05) is 0 Å². The minimum atomic E-state index is 0.217. The number of aliphatic imine (C=N–C) groups is 1. The third-order valence-electron chi connectivity index (χ3n) is 3.42. The Morgan fingerprint density at radius 3 is 2.35 bits per heavy atom. The molecule has 1 atom stereocenters. The molecule has 5 heteroatoms. The summed E-state index contributed by atoms with van der Waals surface area (Å²) in [5.41, 5.74) is 2.67. The zero-order valence-corrected chi connectivity index (χ0v) is 10.8. The van der Waals surface area contributed by atoms with Crippen LogP contribution in [0, 0.1) is 11.8 Å². The number of guanidine groups is 1. The Bertz CT molecular complexity index is 262. The summed E-state index contributed by atoms with van der Waals surface area (Å²) in [4.78, 5) is 4.75. The van der Waals surface area contributed by atoms with Gasteiger partial charge in [-0.15, -0.1) is 0 Å². The summed E-state index contributed by atoms with van der Waals surface area (Å²) in [6.07, 6.45) is 5.32. The summed E-state index contributed by atoms with van der Waals surface area (Å²) < 4.78 is 5.09. The van der Waals surface area contributed by atoms with Crippen molar-refractivity contribution < 1.29 is 4.74 Å². The van der Waals surface area contributed by atoms with E-state index in [1.165, 1.54) is 25.7 Å². The van der Waals surface area contributed by atoms with Crippen LogP contribution in [0.2, 0.25) is 0 Å². The van der Waals surface area contributed by atoms with E-state index >= 15 is 0 Å². The molecular formula is C12H24N4O. The van der Waals surface area contributed by atoms with E-state index in [0.717, 1.165) is 11.8 Å². The predicted octanol–water partition coefficient (Wildman–Crippen LogP) is 0.619. The number of hydrazine groups is 1. The number of ether oxygens (including phenoxy) is 1. The second-order valence-corrected chi connectivity index (χ2v) is 5.29. The lowest BCUT2D eigenvalue weighted by Crippen LogP contribution is -2.47. The first kappa shape index (κ1) is 12.6. The number of methoxy groups -OCH3 is 1. The van der Waals surface area contributed by atoms with Crippen molar-refractivity contribution in [2.75, 3.05) is 13.7 Å². The predicted molar refractivity (Wildman–Crippen MR) is 68.5 cm³/mol. The van der Waals surface area contributed by atoms with Crippen molar-refractivity contribution in [1.82, 2.24) is 10.7 Å². The Hall–Kier alpha value is -0.810. The van der Waals surface area contributed by atoms with E-state index in [0.29, 0.717) is 18.6 Å². The van der Waals surface area contributed by atoms with E-state index in [2.05, 4.69) is 17.7 Å². The molecule has 0 aromatic heterocycles. The summed E-state index contributed by atoms with van der Waals surface area (Å²) >= 11 is 0. The van der Waals surface area contributed by atoms with Crippen molar-refractivity contribution in [2.45, 2.75) is 44.7 Å². The molecule has 2 aliphatic carbocycles. The first-order valence-electron chi connectivity index (χ1n) is 6.54. The monoisotopic (exact) mass is 240 g/mol. The molecule has 5 nitrogen and oxygen atoms in total. The van der Waals surface area contributed by atoms with Gasteiger partial charge in [0.05, 0.1) is 12.6 Å². The van der Waals surface area contributed by atoms with Crippen molar-refractivity contribution in [3.8, 4) is 0 Å². The van der Waals surface area contributed by atoms with Gasteiger partial charge in [0.1, 0.15) is 0 Å². The number of hydrogen-bond acceptors (Lipinski definition) is 3. The van der Waals surface area contributed by atoms with Gasteiger partial charge in [-0.05, 0) is 44.4 Å². The van der Waals surface area contributed by atoms with Crippen LogP contribution >= 0.6 is 0 Å². The molecule has 0 bridgehead atoms. The first-order chi connectivity index (χ1) is 8.24. The van der Waals surface area contributed by atoms with E-state index in [-0.39, 0.29) is 6.04 Å². The maximum atomic E-state index is 5.52. The summed E-state index contributed by atoms with van der Waals surface area (Å²) in [5.74, 6) is 7.82. The van der Waals surface area contributed by atoms with Crippen LogP contribution in [-0.2, 0) is 4.74 Å². The zero-order valence-electron chi connectivity index (χ0n) is 10.8. The summed E-state index contributed by atoms with van der Waals surface area (Å²) in [7, 11) is 1.70. The van der Waals surface area contributed by atoms with Crippen LogP contribution in [-0.4, -0.2) is 31.8 Å². The average Bonchev–Trinajstić information content (AvgIpc) is 3.17. The van der Waals surface area contributed by atoms with Crippen LogP contribution < -0.4 is 16.6 Å². The third-order valence-corrected chi connectivity index (χ3v) is 3.42. The van der Waals surface area contributed by atoms with Crippen molar-refractivity contribution in [2.24, 2.45) is 22.7 Å². The van der Waals surface area contributed by atoms with Gasteiger partial charge in [0, 0.05) is 13.2 Å². The second kappa shape index (κ2) is 5.69. The van der Waals surface area contributed by atoms with Gasteiger partial charge in [0.25, 0.3) is 0 Å². The van der Waals surface area contributed by atoms with Crippen LogP contribution in [0.4, 0.5) is 0 Å². The minimum Gasteiger partial charge on any atom is -0.383 e. The number of hydrogen-bond donors (Lipinski definition) is 3. The Kier molecular flexibility index (Phi) is 4.23. The van der Waals surface area contributed by atoms with Crippen LogP contribution in [0.3, 0.4) is 0 Å². The van der Waals surface area contributed by atoms with E-state index in [9.17, 15) is 0 Å². The fourth-order valence-corrected chi connectivity index (χ4v) is 2.26. The number of nitrogens with zero attached hydrogens (tertiary/aromatic N) is 1. The molecule has 4 N–H and O–H groups in total. The molecule has 0 heterocycles. The van der Waals surface area contributed by atoms with Crippen molar-refractivity contribution in [1.29, 1.82) is 0 Å². The maximum Gasteiger partial charge on any atom is 0.206 e. The Morgan fingerprint density at radius 1 is 1.35 bits per heavy atom. The van der Waals surface area contributed by atoms with Gasteiger partial charge in [-0.25, -0.2) is 10.8 Å². The summed E-state index contributed by atoms with van der Waals surface area (Å²) in [6.45, 7) is 2.71. The van der Waals surface area contributed by atoms with E-state index in [1.807, 2.05) is 0 Å². The van der Waals surface area contributed by atoms with Gasteiger partial charge in [-0.2, -0.15) is 0 Å². The summed E-state index contributed by atoms with van der Waals surface area (Å²) in [5, 5.41) is 3.25. The first-order valence-corrected chi connectivity index (χ1v) is 6.54. The third kappa shape index (κ3) is 3.85. The molecule has 17 heavy (non-hydrogen) atoms. The van der Waals surface area contributed by atoms with E-state index < -0.39 is 0 Å². The van der Waals surface area contributed by atoms with Gasteiger partial charge in [0.2, 0.25) is 5.96 Å². The van der Waals surface area contributed by atoms with Crippen molar-refractivity contribution >= 4 is 5.96 Å². The molecule has 0 saturated heterocycles. The quantitative estimate of drug-likeness (QED) is 0.275. The van der Waals surface area contributed by atoms with Crippen molar-refractivity contribution in [3.63, 3.8) is 0 Å². The highest BCUT2D eigenvalue weighted by Gasteiger charge is 2.41. The molecule has 0 aromatic carbocycles. The highest BCUT2D eigenvalue weighted by Crippen LogP contribution is 2.46. The maximum absolute atomic E-state index is 5.52. The standard InChI is InChI=1S/C12H24N4O/c1-8(7-17-2)14-12(16-13)15-11(9-3-4-9)10-5-6-10/h8-11H,3-7,13H2,1-2H3,(H2,14,15,16). The molecule has 0 aliphatic heterocycles. The average molecular weight is 240 g/mol. The largest absolute Gasteiger partial charge is 0.383 e. The molecule has 2 rings (SSSR count). The van der Waals surface area contributed by atoms with Crippen LogP contribution in [0.1, 0.15) is 32.6 Å². The fourth-order valence-electron chi connectivity index (χ4n) is 2.26. The molecule has 98 valence electrons. The van der Waals surface area contributed by atoms with E-state index in [4.69, 9.17) is 15.6 Å². The molecule has 2 aliphatic rings. The lowest BCUT2D eigenvalue weighted by Gasteiger charge is -2.18. The number of nitrogens with two attached hydrogens (primary N) is 1. The molecule has 2 fully saturated rings. The highest BCUT2D eigenvalue weighted by molar-refractivity contribution is 5.79. The normalized spacial score (nSPS) is 22.7. The number of rotatable bonds is 6. The van der Waals surface area contributed by atoms with Gasteiger partial charge in [-0.3, -0.25) is 5.43 Å².